The summed E-state index contributed by atoms with van der Waals surface area (Å²) in [6.07, 6.45) is 0. The van der Waals surface area contributed by atoms with E-state index in [1.807, 2.05) is 32.0 Å². The van der Waals surface area contributed by atoms with Gasteiger partial charge in [0, 0.05) is 0 Å². The molecule has 88 valence electrons. The molecule has 3 nitrogen and oxygen atoms in total. The molecular weight excluding hydrogens is 202 g/mol. The van der Waals surface area contributed by atoms with E-state index in [1.54, 1.807) is 25.9 Å². The lowest BCUT2D eigenvalue weighted by Crippen LogP contribution is -2.46. The molecule has 1 atom stereocenters. The van der Waals surface area contributed by atoms with Gasteiger partial charge in [0.1, 0.15) is 5.54 Å². The van der Waals surface area contributed by atoms with Crippen molar-refractivity contribution in [1.82, 2.24) is 4.90 Å². The van der Waals surface area contributed by atoms with Crippen molar-refractivity contribution in [2.45, 2.75) is 26.3 Å². The van der Waals surface area contributed by atoms with Crippen LogP contribution in [-0.2, 0) is 10.3 Å². The summed E-state index contributed by atoms with van der Waals surface area (Å²) in [7, 11) is 3.58. The van der Waals surface area contributed by atoms with Crippen LogP contribution in [-0.4, -0.2) is 30.1 Å². The predicted octanol–water partition coefficient (Wildman–Crippen LogP) is 2.16. The number of rotatable bonds is 3. The number of nitrogens with zero attached hydrogens (tertiary/aromatic N) is 1. The molecule has 0 aliphatic rings. The quantitative estimate of drug-likeness (QED) is 0.850. The van der Waals surface area contributed by atoms with E-state index >= 15 is 0 Å². The van der Waals surface area contributed by atoms with E-state index in [0.717, 1.165) is 16.7 Å². The number of carboxylic acids is 1. The Labute approximate surface area is 96.7 Å². The number of benzene rings is 1. The van der Waals surface area contributed by atoms with Gasteiger partial charge in [-0.25, -0.2) is 4.79 Å². The van der Waals surface area contributed by atoms with E-state index in [1.165, 1.54) is 0 Å². The fourth-order valence-electron chi connectivity index (χ4n) is 1.81. The van der Waals surface area contributed by atoms with Crippen molar-refractivity contribution in [3.8, 4) is 0 Å². The van der Waals surface area contributed by atoms with Crippen LogP contribution in [0.2, 0.25) is 0 Å². The van der Waals surface area contributed by atoms with Crippen molar-refractivity contribution in [3.05, 3.63) is 34.9 Å². The van der Waals surface area contributed by atoms with Crippen LogP contribution in [0, 0.1) is 13.8 Å². The summed E-state index contributed by atoms with van der Waals surface area (Å²) in [6, 6.07) is 5.91. The Bertz CT molecular complexity index is 412. The monoisotopic (exact) mass is 221 g/mol. The van der Waals surface area contributed by atoms with E-state index in [4.69, 9.17) is 0 Å². The van der Waals surface area contributed by atoms with Crippen molar-refractivity contribution in [3.63, 3.8) is 0 Å². The Hall–Kier alpha value is -1.35. The second-order valence-electron chi connectivity index (χ2n) is 4.59. The number of carboxylic acid groups (broad SMARTS) is 1. The van der Waals surface area contributed by atoms with Gasteiger partial charge in [0.15, 0.2) is 0 Å². The summed E-state index contributed by atoms with van der Waals surface area (Å²) < 4.78 is 0. The van der Waals surface area contributed by atoms with Crippen molar-refractivity contribution >= 4 is 5.97 Å². The number of aliphatic carboxylic acids is 1. The number of hydrogen-bond acceptors (Lipinski definition) is 2. The molecule has 0 amide bonds. The van der Waals surface area contributed by atoms with Gasteiger partial charge in [-0.3, -0.25) is 4.90 Å². The van der Waals surface area contributed by atoms with Gasteiger partial charge in [-0.1, -0.05) is 23.8 Å². The lowest BCUT2D eigenvalue weighted by molar-refractivity contribution is -0.149. The van der Waals surface area contributed by atoms with Gasteiger partial charge in [-0.15, -0.1) is 0 Å². The highest BCUT2D eigenvalue weighted by Gasteiger charge is 2.38. The normalized spacial score (nSPS) is 14.9. The average Bonchev–Trinajstić information content (AvgIpc) is 2.19. The van der Waals surface area contributed by atoms with Crippen molar-refractivity contribution in [2.24, 2.45) is 0 Å². The zero-order valence-corrected chi connectivity index (χ0v) is 10.5. The van der Waals surface area contributed by atoms with Crippen LogP contribution < -0.4 is 0 Å². The summed E-state index contributed by atoms with van der Waals surface area (Å²) in [5.41, 5.74) is 1.96. The number of likely N-dealkylation sites (N-methyl/N-ethyl adjacent to an activating group) is 1. The molecule has 0 aliphatic carbocycles. The van der Waals surface area contributed by atoms with Crippen LogP contribution in [0.3, 0.4) is 0 Å². The molecule has 1 aromatic rings. The third-order valence-corrected chi connectivity index (χ3v) is 3.23. The van der Waals surface area contributed by atoms with Gasteiger partial charge in [0.05, 0.1) is 0 Å². The fourth-order valence-corrected chi connectivity index (χ4v) is 1.81. The zero-order chi connectivity index (χ0) is 12.5. The van der Waals surface area contributed by atoms with Gasteiger partial charge < -0.3 is 5.11 Å². The first kappa shape index (κ1) is 12.7. The molecule has 3 heteroatoms. The predicted molar refractivity (Wildman–Crippen MR) is 64.6 cm³/mol. The molecule has 0 bridgehead atoms. The molecule has 1 rings (SSSR count). The van der Waals surface area contributed by atoms with Gasteiger partial charge in [-0.2, -0.15) is 0 Å². The fraction of sp³-hybridized carbons (Fsp3) is 0.462. The molecule has 0 radical (unpaired) electrons. The highest BCUT2D eigenvalue weighted by molar-refractivity contribution is 5.80. The van der Waals surface area contributed by atoms with Crippen LogP contribution in [0.25, 0.3) is 0 Å². The minimum absolute atomic E-state index is 0.828. The summed E-state index contributed by atoms with van der Waals surface area (Å²) >= 11 is 0. The molecule has 1 aromatic carbocycles. The van der Waals surface area contributed by atoms with Crippen LogP contribution in [0.5, 0.6) is 0 Å². The standard InChI is InChI=1S/C13H19NO2/c1-9-6-7-10(2)11(8-9)13(3,12(15)16)14(4)5/h6-8H,1-5H3,(H,15,16). The minimum atomic E-state index is -0.976. The van der Waals surface area contributed by atoms with Crippen molar-refractivity contribution < 1.29 is 9.90 Å². The summed E-state index contributed by atoms with van der Waals surface area (Å²) in [5, 5.41) is 9.43. The maximum absolute atomic E-state index is 11.5. The van der Waals surface area contributed by atoms with Crippen LogP contribution in [0.1, 0.15) is 23.6 Å². The number of aryl methyl sites for hydroxylation is 2. The third kappa shape index (κ3) is 1.95. The lowest BCUT2D eigenvalue weighted by Gasteiger charge is -2.34. The molecule has 0 saturated carbocycles. The lowest BCUT2D eigenvalue weighted by atomic mass is 9.86. The van der Waals surface area contributed by atoms with Gasteiger partial charge in [-0.05, 0) is 46.0 Å². The number of hydrogen-bond donors (Lipinski definition) is 1. The second-order valence-corrected chi connectivity index (χ2v) is 4.59. The first-order valence-electron chi connectivity index (χ1n) is 5.28. The molecule has 0 heterocycles. The molecule has 0 saturated heterocycles. The Morgan fingerprint density at radius 2 is 1.88 bits per heavy atom. The second kappa shape index (κ2) is 4.26. The van der Waals surface area contributed by atoms with E-state index in [9.17, 15) is 9.90 Å². The molecule has 1 unspecified atom stereocenters. The Morgan fingerprint density at radius 1 is 1.31 bits per heavy atom. The molecule has 1 N–H and O–H groups in total. The van der Waals surface area contributed by atoms with Crippen LogP contribution in [0.4, 0.5) is 0 Å². The van der Waals surface area contributed by atoms with Crippen molar-refractivity contribution in [1.29, 1.82) is 0 Å². The van der Waals surface area contributed by atoms with Crippen LogP contribution in [0.15, 0.2) is 18.2 Å². The molecule has 0 spiro atoms. The average molecular weight is 221 g/mol. The molecular formula is C13H19NO2. The largest absolute Gasteiger partial charge is 0.480 e. The Kier molecular flexibility index (Phi) is 3.38. The Balaban J connectivity index is 3.43. The van der Waals surface area contributed by atoms with E-state index in [-0.39, 0.29) is 0 Å². The molecule has 0 aromatic heterocycles. The van der Waals surface area contributed by atoms with Gasteiger partial charge in [0.25, 0.3) is 0 Å². The Morgan fingerprint density at radius 3 is 2.31 bits per heavy atom. The zero-order valence-electron chi connectivity index (χ0n) is 10.5. The summed E-state index contributed by atoms with van der Waals surface area (Å²) in [5.74, 6) is -0.828. The van der Waals surface area contributed by atoms with E-state index in [2.05, 4.69) is 0 Å². The van der Waals surface area contributed by atoms with Gasteiger partial charge in [0.2, 0.25) is 0 Å². The molecule has 0 fully saturated rings. The van der Waals surface area contributed by atoms with Crippen LogP contribution >= 0.6 is 0 Å². The van der Waals surface area contributed by atoms with Crippen molar-refractivity contribution in [2.75, 3.05) is 14.1 Å². The molecule has 16 heavy (non-hydrogen) atoms. The minimum Gasteiger partial charge on any atom is -0.480 e. The summed E-state index contributed by atoms with van der Waals surface area (Å²) in [4.78, 5) is 13.2. The third-order valence-electron chi connectivity index (χ3n) is 3.23. The molecule has 0 aliphatic heterocycles. The topological polar surface area (TPSA) is 40.5 Å². The van der Waals surface area contributed by atoms with E-state index in [0.29, 0.717) is 0 Å². The maximum atomic E-state index is 11.5. The SMILES string of the molecule is Cc1ccc(C)c(C(C)(C(=O)O)N(C)C)c1. The highest BCUT2D eigenvalue weighted by atomic mass is 16.4. The van der Waals surface area contributed by atoms with E-state index < -0.39 is 11.5 Å². The van der Waals surface area contributed by atoms with Gasteiger partial charge >= 0.3 is 5.97 Å². The smallest absolute Gasteiger partial charge is 0.328 e. The highest BCUT2D eigenvalue weighted by Crippen LogP contribution is 2.29. The summed E-state index contributed by atoms with van der Waals surface area (Å²) in [6.45, 7) is 5.65. The number of carbonyl (C=O) groups is 1. The first-order chi connectivity index (χ1) is 7.30. The maximum Gasteiger partial charge on any atom is 0.328 e. The first-order valence-corrected chi connectivity index (χ1v) is 5.28.